The van der Waals surface area contributed by atoms with Crippen LogP contribution in [0.4, 0.5) is 22.7 Å². The molecule has 0 aliphatic rings. The number of hydrogen-bond acceptors (Lipinski definition) is 11. The molecule has 0 saturated heterocycles. The molecule has 22 heteroatoms. The van der Waals surface area contributed by atoms with E-state index in [1.807, 2.05) is 93.2 Å². The number of para-hydroxylation sites is 4. The number of hydrogen-bond donors (Lipinski definition) is 0. The van der Waals surface area contributed by atoms with Crippen molar-refractivity contribution in [1.29, 1.82) is 0 Å². The Morgan fingerprint density at radius 1 is 0.267 bits per heavy atom. The second-order valence-corrected chi connectivity index (χ2v) is 31.0. The van der Waals surface area contributed by atoms with Gasteiger partial charge in [0.2, 0.25) is 0 Å². The molecule has 17 rings (SSSR count). The van der Waals surface area contributed by atoms with Gasteiger partial charge < -0.3 is 50.2 Å². The van der Waals surface area contributed by atoms with Crippen LogP contribution in [0.5, 0.6) is 0 Å². The van der Waals surface area contributed by atoms with Crippen molar-refractivity contribution in [3.63, 3.8) is 0 Å². The summed E-state index contributed by atoms with van der Waals surface area (Å²) in [5, 5.41) is 23.3. The predicted molar refractivity (Wildman–Crippen MR) is 513 cm³/mol. The van der Waals surface area contributed by atoms with E-state index < -0.39 is 0 Å². The van der Waals surface area contributed by atoms with E-state index in [9.17, 15) is 0 Å². The zero-order chi connectivity index (χ0) is 87.0. The predicted octanol–water partition coefficient (Wildman–Crippen LogP) is 24.7. The average Bonchev–Trinajstić information content (AvgIpc) is 1.74. The molecule has 11 aromatic carbocycles. The summed E-state index contributed by atoms with van der Waals surface area (Å²) in [6, 6.07) is 102. The molecule has 131 heavy (non-hydrogen) atoms. The quantitative estimate of drug-likeness (QED) is 0.0666. The molecular weight excluding hydrogens is 2020 g/mol. The third-order valence-electron chi connectivity index (χ3n) is 20.0. The van der Waals surface area contributed by atoms with Crippen LogP contribution in [0.3, 0.4) is 0 Å². The smallest absolute Gasteiger partial charge is 1.00 e. The molecule has 0 atom stereocenters. The molecule has 14 nitrogen and oxygen atoms in total. The summed E-state index contributed by atoms with van der Waals surface area (Å²) >= 11 is 0. The Morgan fingerprint density at radius 2 is 0.489 bits per heavy atom. The van der Waals surface area contributed by atoms with Crippen LogP contribution in [-0.4, -0.2) is 71.5 Å². The van der Waals surface area contributed by atoms with E-state index in [-0.39, 0.29) is 142 Å². The van der Waals surface area contributed by atoms with Gasteiger partial charge in [-0.05, 0) is 91.6 Å². The normalized spacial score (nSPS) is 9.76. The molecule has 0 bridgehead atoms. The Kier molecular flexibility index (Phi) is 56.3. The fourth-order valence-electron chi connectivity index (χ4n) is 15.1. The maximum Gasteiger partial charge on any atom is 1.00 e. The number of ether oxygens (including phenoxy) is 1. The molecule has 6 heterocycles. The Labute approximate surface area is 863 Å². The van der Waals surface area contributed by atoms with Gasteiger partial charge >= 0.3 is 137 Å². The molecule has 0 N–H and O–H groups in total. The van der Waals surface area contributed by atoms with E-state index >= 15 is 0 Å². The van der Waals surface area contributed by atoms with Gasteiger partial charge in [0, 0.05) is 112 Å². The van der Waals surface area contributed by atoms with Crippen molar-refractivity contribution in [3.05, 3.63) is 405 Å². The molecule has 0 aliphatic heterocycles. The first-order valence-electron chi connectivity index (χ1n) is 41.7. The van der Waals surface area contributed by atoms with Gasteiger partial charge in [-0.25, -0.2) is 0 Å². The SMILES string of the molecule is CCOCC.CN(Cc1n[n-]c(CN(C)c2cccc3cccnc23)c1-c1ccccc1)c1cccc2cccnc12.CN(Cc1n[n-]c(CN(C)c2cccc3cccnc23)c1-c1ccccc1)c1cccc2cccnc12.Cc1[c-]c(C)cc(C)c1.Cc1[c-]c(C)cc(C)c1.Cc1[c-]c(C)cc(C)c1.Cc1[c-]c(C)cc(C)c1.Cc1ccccc1.[Cu+].[Cu+].[Cu+].[Cu+].[Cu+].[Cu+].[Cu+].[Cu+].[O-2]. The largest absolute Gasteiger partial charge is 2.00 e. The van der Waals surface area contributed by atoms with Crippen LogP contribution in [0, 0.1) is 114 Å². The first-order chi connectivity index (χ1) is 58.9. The van der Waals surface area contributed by atoms with Crippen molar-refractivity contribution in [1.82, 2.24) is 40.3 Å². The summed E-state index contributed by atoms with van der Waals surface area (Å²) in [5.41, 5.74) is 32.8. The zero-order valence-corrected chi connectivity index (χ0v) is 85.0. The van der Waals surface area contributed by atoms with Crippen LogP contribution in [0.1, 0.15) is 109 Å². The van der Waals surface area contributed by atoms with Gasteiger partial charge in [-0.1, -0.05) is 252 Å². The first-order valence-corrected chi connectivity index (χ1v) is 41.7. The molecule has 0 saturated carbocycles. The van der Waals surface area contributed by atoms with Crippen LogP contribution < -0.4 is 29.8 Å². The number of rotatable bonds is 16. The van der Waals surface area contributed by atoms with Crippen LogP contribution in [0.15, 0.2) is 286 Å². The van der Waals surface area contributed by atoms with Crippen molar-refractivity contribution in [2.75, 3.05) is 61.0 Å². The fourth-order valence-corrected chi connectivity index (χ4v) is 15.1. The van der Waals surface area contributed by atoms with E-state index in [0.717, 1.165) is 125 Å². The zero-order valence-electron chi connectivity index (χ0n) is 77.5. The minimum absolute atomic E-state index is 0. The maximum absolute atomic E-state index is 4.83. The van der Waals surface area contributed by atoms with Crippen molar-refractivity contribution in [3.8, 4) is 22.3 Å². The number of aromatic nitrogens is 8. The van der Waals surface area contributed by atoms with Gasteiger partial charge in [-0.3, -0.25) is 19.9 Å². The summed E-state index contributed by atoms with van der Waals surface area (Å²) in [7, 11) is 8.34. The summed E-state index contributed by atoms with van der Waals surface area (Å²) in [6.45, 7) is 35.2. The minimum Gasteiger partial charge on any atom is -2.00 e. The molecule has 17 aromatic rings. The first kappa shape index (κ1) is 120. The van der Waals surface area contributed by atoms with Gasteiger partial charge in [0.15, 0.2) is 0 Å². The molecule has 0 unspecified atom stereocenters. The third kappa shape index (κ3) is 36.9. The van der Waals surface area contributed by atoms with E-state index in [4.69, 9.17) is 25.1 Å². The second kappa shape index (κ2) is 61.5. The number of nitrogens with zero attached hydrogens (tertiary/aromatic N) is 12. The van der Waals surface area contributed by atoms with Gasteiger partial charge in [0.1, 0.15) is 0 Å². The van der Waals surface area contributed by atoms with E-state index in [2.05, 4.69) is 388 Å². The maximum atomic E-state index is 4.83. The van der Waals surface area contributed by atoms with Gasteiger partial charge in [0.05, 0.1) is 57.9 Å². The van der Waals surface area contributed by atoms with Crippen LogP contribution in [0.2, 0.25) is 0 Å². The molecule has 0 radical (unpaired) electrons. The number of aryl methyl sites for hydroxylation is 13. The van der Waals surface area contributed by atoms with Crippen LogP contribution in [0.25, 0.3) is 65.9 Å². The van der Waals surface area contributed by atoms with Gasteiger partial charge in [-0.2, -0.15) is 140 Å². The van der Waals surface area contributed by atoms with Crippen molar-refractivity contribution in [2.24, 2.45) is 0 Å². The van der Waals surface area contributed by atoms with E-state index in [1.165, 1.54) is 72.3 Å². The van der Waals surface area contributed by atoms with Gasteiger partial charge in [-0.15, -0.1) is 11.4 Å². The van der Waals surface area contributed by atoms with Crippen molar-refractivity contribution < 1.29 is 147 Å². The molecular formula is C109H116Cu8N12O2. The summed E-state index contributed by atoms with van der Waals surface area (Å²) < 4.78 is 4.83. The van der Waals surface area contributed by atoms with Crippen LogP contribution >= 0.6 is 0 Å². The Morgan fingerprint density at radius 3 is 0.695 bits per heavy atom. The van der Waals surface area contributed by atoms with E-state index in [1.54, 1.807) is 0 Å². The Balaban J connectivity index is 0.000000836. The second-order valence-electron chi connectivity index (χ2n) is 31.0. The summed E-state index contributed by atoms with van der Waals surface area (Å²) in [5.74, 6) is 0. The molecule has 0 amide bonds. The number of anilines is 4. The number of benzene rings is 11. The monoisotopic (exact) mass is 2130 g/mol. The minimum atomic E-state index is 0. The topological polar surface area (TPSA) is 156 Å². The number of pyridine rings is 4. The molecule has 0 aliphatic carbocycles. The molecule has 6 aromatic heterocycles. The van der Waals surface area contributed by atoms with Gasteiger partial charge in [0.25, 0.3) is 0 Å². The summed E-state index contributed by atoms with van der Waals surface area (Å²) in [6.07, 6.45) is 7.36. The van der Waals surface area contributed by atoms with Crippen molar-refractivity contribution in [2.45, 2.75) is 130 Å². The molecule has 712 valence electrons. The Hall–Kier alpha value is -9.24. The number of fused-ring (bicyclic) bond motifs is 4. The average molecular weight is 2130 g/mol. The Bertz CT molecular complexity index is 5280. The summed E-state index contributed by atoms with van der Waals surface area (Å²) in [4.78, 5) is 27.4. The third-order valence-corrected chi connectivity index (χ3v) is 20.0. The standard InChI is InChI=1S/2C31H27N6.4C9H11.C7H8.C4H10O.8Cu.O/c2*1-36(27-16-6-12-23-14-8-18-32-30(23)27)20-25-29(22-10-4-3-5-11-22)26(35-34-25)21-37(2)28-17-7-13-24-15-9-19-33-31(24)28;4*1-7-4-8(2)6-9(3)5-7;1-7-5-3-2-4-6-7;1-3-5-4-2;;;;;;;;;/h2*3-19H,20-21H2,1-2H3;4*4-5H,1-3H3;2-6H,1H3;3-4H2,1-2H3;;;;;;;;;/q6*-1;;;8*+1;-2. The fraction of sp³-hybridized carbons (Fsp3) is 0.229. The molecule has 0 fully saturated rings. The molecule has 0 spiro atoms. The van der Waals surface area contributed by atoms with Crippen LogP contribution in [-0.2, 0) is 173 Å². The van der Waals surface area contributed by atoms with Crippen molar-refractivity contribution >= 4 is 66.4 Å². The van der Waals surface area contributed by atoms with E-state index in [0.29, 0.717) is 26.2 Å².